The monoisotopic (exact) mass is 271 g/mol. The highest BCUT2D eigenvalue weighted by Gasteiger charge is 2.15. The van der Waals surface area contributed by atoms with Crippen LogP contribution in [0.3, 0.4) is 0 Å². The second-order valence-corrected chi connectivity index (χ2v) is 4.18. The lowest BCUT2D eigenvalue weighted by Gasteiger charge is -2.24. The first-order valence-corrected chi connectivity index (χ1v) is 6.33. The van der Waals surface area contributed by atoms with Gasteiger partial charge in [-0.15, -0.1) is 0 Å². The summed E-state index contributed by atoms with van der Waals surface area (Å²) in [6.45, 7) is 6.46. The van der Waals surface area contributed by atoms with Crippen LogP contribution in [0.15, 0.2) is 18.2 Å². The fourth-order valence-electron chi connectivity index (χ4n) is 1.72. The van der Waals surface area contributed by atoms with Gasteiger partial charge in [-0.25, -0.2) is 4.79 Å². The molecule has 0 aliphatic heterocycles. The van der Waals surface area contributed by atoms with Gasteiger partial charge in [-0.1, -0.05) is 11.6 Å². The lowest BCUT2D eigenvalue weighted by atomic mass is 10.1. The van der Waals surface area contributed by atoms with Crippen LogP contribution in [0.25, 0.3) is 0 Å². The first-order chi connectivity index (χ1) is 8.60. The topological polar surface area (TPSA) is 49.8 Å². The minimum absolute atomic E-state index is 0.262. The summed E-state index contributed by atoms with van der Waals surface area (Å²) in [7, 11) is 0. The Kier molecular flexibility index (Phi) is 5.95. The molecule has 1 aromatic carbocycles. The van der Waals surface area contributed by atoms with Crippen molar-refractivity contribution in [3.63, 3.8) is 0 Å². The van der Waals surface area contributed by atoms with E-state index >= 15 is 0 Å². The van der Waals surface area contributed by atoms with Crippen LogP contribution in [0.5, 0.6) is 0 Å². The normalized spacial score (nSPS) is 10.4. The summed E-state index contributed by atoms with van der Waals surface area (Å²) in [5.41, 5.74) is 0.898. The maximum atomic E-state index is 11.2. The van der Waals surface area contributed by atoms with Crippen LogP contribution in [-0.2, 0) is 4.74 Å². The van der Waals surface area contributed by atoms with E-state index in [2.05, 4.69) is 0 Å². The minimum Gasteiger partial charge on any atom is -0.478 e. The SMILES string of the molecule is CCOCCN(CC)c1cc(Cl)ccc1C(=O)O. The highest BCUT2D eigenvalue weighted by atomic mass is 35.5. The standard InChI is InChI=1S/C13H18ClNO3/c1-3-15(7-8-18-4-2)12-9-10(14)5-6-11(12)13(16)17/h5-6,9H,3-4,7-8H2,1-2H3,(H,16,17). The van der Waals surface area contributed by atoms with E-state index in [9.17, 15) is 9.90 Å². The van der Waals surface area contributed by atoms with Gasteiger partial charge in [0.25, 0.3) is 0 Å². The van der Waals surface area contributed by atoms with E-state index < -0.39 is 5.97 Å². The molecule has 0 bridgehead atoms. The molecule has 0 spiro atoms. The Morgan fingerprint density at radius 1 is 1.44 bits per heavy atom. The lowest BCUT2D eigenvalue weighted by Crippen LogP contribution is -2.28. The molecule has 0 heterocycles. The Labute approximate surface area is 112 Å². The van der Waals surface area contributed by atoms with Crippen molar-refractivity contribution in [2.75, 3.05) is 31.2 Å². The zero-order valence-electron chi connectivity index (χ0n) is 10.6. The summed E-state index contributed by atoms with van der Waals surface area (Å²) in [6.07, 6.45) is 0. The van der Waals surface area contributed by atoms with Crippen molar-refractivity contribution in [3.8, 4) is 0 Å². The van der Waals surface area contributed by atoms with Crippen LogP contribution in [0, 0.1) is 0 Å². The van der Waals surface area contributed by atoms with Crippen LogP contribution >= 0.6 is 11.6 Å². The summed E-state index contributed by atoms with van der Waals surface area (Å²) in [4.78, 5) is 13.1. The zero-order chi connectivity index (χ0) is 13.5. The predicted molar refractivity (Wildman–Crippen MR) is 72.8 cm³/mol. The van der Waals surface area contributed by atoms with Crippen molar-refractivity contribution in [3.05, 3.63) is 28.8 Å². The molecule has 0 unspecified atom stereocenters. The largest absolute Gasteiger partial charge is 0.478 e. The number of hydrogen-bond acceptors (Lipinski definition) is 3. The molecule has 1 N–H and O–H groups in total. The number of benzene rings is 1. The number of halogens is 1. The highest BCUT2D eigenvalue weighted by Crippen LogP contribution is 2.24. The Balaban J connectivity index is 2.95. The fraction of sp³-hybridized carbons (Fsp3) is 0.462. The first kappa shape index (κ1) is 14.8. The van der Waals surface area contributed by atoms with Gasteiger partial charge in [-0.05, 0) is 32.0 Å². The van der Waals surface area contributed by atoms with Crippen molar-refractivity contribution < 1.29 is 14.6 Å². The molecule has 18 heavy (non-hydrogen) atoms. The van der Waals surface area contributed by atoms with Crippen molar-refractivity contribution in [1.29, 1.82) is 0 Å². The molecule has 0 amide bonds. The smallest absolute Gasteiger partial charge is 0.337 e. The molecule has 0 saturated carbocycles. The van der Waals surface area contributed by atoms with Gasteiger partial charge in [0.15, 0.2) is 0 Å². The quantitative estimate of drug-likeness (QED) is 0.775. The van der Waals surface area contributed by atoms with E-state index in [0.29, 0.717) is 37.0 Å². The summed E-state index contributed by atoms with van der Waals surface area (Å²) in [5, 5.41) is 9.70. The number of carbonyl (C=O) groups is 1. The molecule has 0 aliphatic carbocycles. The molecule has 0 saturated heterocycles. The Bertz CT molecular complexity index is 409. The van der Waals surface area contributed by atoms with E-state index in [4.69, 9.17) is 16.3 Å². The molecule has 4 nitrogen and oxygen atoms in total. The van der Waals surface area contributed by atoms with E-state index in [1.807, 2.05) is 18.7 Å². The number of hydrogen-bond donors (Lipinski definition) is 1. The second kappa shape index (κ2) is 7.24. The summed E-state index contributed by atoms with van der Waals surface area (Å²) < 4.78 is 5.30. The van der Waals surface area contributed by atoms with Crippen molar-refractivity contribution >= 4 is 23.3 Å². The number of nitrogens with zero attached hydrogens (tertiary/aromatic N) is 1. The predicted octanol–water partition coefficient (Wildman–Crippen LogP) is 2.90. The molecule has 1 rings (SSSR count). The molecule has 0 radical (unpaired) electrons. The van der Waals surface area contributed by atoms with E-state index in [-0.39, 0.29) is 5.56 Å². The van der Waals surface area contributed by atoms with Crippen molar-refractivity contribution in [2.45, 2.75) is 13.8 Å². The van der Waals surface area contributed by atoms with Crippen molar-refractivity contribution in [1.82, 2.24) is 0 Å². The third kappa shape index (κ3) is 3.89. The molecule has 100 valence electrons. The van der Waals surface area contributed by atoms with E-state index in [0.717, 1.165) is 0 Å². The van der Waals surface area contributed by atoms with Crippen LogP contribution in [-0.4, -0.2) is 37.4 Å². The molecule has 5 heteroatoms. The fourth-order valence-corrected chi connectivity index (χ4v) is 1.88. The maximum absolute atomic E-state index is 11.2. The van der Waals surface area contributed by atoms with Gasteiger partial charge in [0.1, 0.15) is 0 Å². The second-order valence-electron chi connectivity index (χ2n) is 3.74. The molecule has 0 fully saturated rings. The highest BCUT2D eigenvalue weighted by molar-refractivity contribution is 6.31. The van der Waals surface area contributed by atoms with Crippen LogP contribution in [0.4, 0.5) is 5.69 Å². The Morgan fingerprint density at radius 2 is 2.17 bits per heavy atom. The number of aromatic carboxylic acids is 1. The van der Waals surface area contributed by atoms with Gasteiger partial charge in [0, 0.05) is 24.7 Å². The van der Waals surface area contributed by atoms with Gasteiger partial charge in [-0.3, -0.25) is 0 Å². The number of carboxylic acids is 1. The van der Waals surface area contributed by atoms with Gasteiger partial charge < -0.3 is 14.7 Å². The van der Waals surface area contributed by atoms with Gasteiger partial charge in [0.2, 0.25) is 0 Å². The van der Waals surface area contributed by atoms with Gasteiger partial charge in [0.05, 0.1) is 17.9 Å². The van der Waals surface area contributed by atoms with Crippen molar-refractivity contribution in [2.24, 2.45) is 0 Å². The summed E-state index contributed by atoms with van der Waals surface area (Å²) >= 11 is 5.93. The molecule has 0 aromatic heterocycles. The minimum atomic E-state index is -0.948. The molecule has 0 atom stereocenters. The first-order valence-electron chi connectivity index (χ1n) is 5.95. The summed E-state index contributed by atoms with van der Waals surface area (Å²) in [6, 6.07) is 4.80. The van der Waals surface area contributed by atoms with E-state index in [1.54, 1.807) is 12.1 Å². The van der Waals surface area contributed by atoms with Crippen LogP contribution in [0.1, 0.15) is 24.2 Å². The van der Waals surface area contributed by atoms with E-state index in [1.165, 1.54) is 6.07 Å². The van der Waals surface area contributed by atoms with Crippen LogP contribution in [0.2, 0.25) is 5.02 Å². The molecule has 1 aromatic rings. The molecular weight excluding hydrogens is 254 g/mol. The average Bonchev–Trinajstić information content (AvgIpc) is 2.34. The number of ether oxygens (including phenoxy) is 1. The maximum Gasteiger partial charge on any atom is 0.337 e. The third-order valence-electron chi connectivity index (χ3n) is 2.62. The Hall–Kier alpha value is -1.26. The molecule has 0 aliphatic rings. The molecular formula is C13H18ClNO3. The van der Waals surface area contributed by atoms with Gasteiger partial charge in [-0.2, -0.15) is 0 Å². The zero-order valence-corrected chi connectivity index (χ0v) is 11.4. The number of rotatable bonds is 7. The number of anilines is 1. The lowest BCUT2D eigenvalue weighted by molar-refractivity contribution is 0.0697. The van der Waals surface area contributed by atoms with Gasteiger partial charge >= 0.3 is 5.97 Å². The number of carboxylic acid groups (broad SMARTS) is 1. The summed E-state index contributed by atoms with van der Waals surface area (Å²) in [5.74, 6) is -0.948. The third-order valence-corrected chi connectivity index (χ3v) is 2.86. The van der Waals surface area contributed by atoms with Crippen LogP contribution < -0.4 is 4.90 Å². The Morgan fingerprint density at radius 3 is 2.72 bits per heavy atom. The number of likely N-dealkylation sites (N-methyl/N-ethyl adjacent to an activating group) is 1. The average molecular weight is 272 g/mol.